The van der Waals surface area contributed by atoms with Gasteiger partial charge in [-0.2, -0.15) is 17.0 Å². The second-order valence-corrected chi connectivity index (χ2v) is 9.31. The summed E-state index contributed by atoms with van der Waals surface area (Å²) >= 11 is 0. The van der Waals surface area contributed by atoms with Crippen molar-refractivity contribution in [1.82, 2.24) is 13.5 Å². The molecule has 0 spiro atoms. The molecule has 1 amide bonds. The summed E-state index contributed by atoms with van der Waals surface area (Å²) in [6.07, 6.45) is 0.889. The van der Waals surface area contributed by atoms with Crippen LogP contribution in [0.3, 0.4) is 0 Å². The number of halogens is 1. The summed E-state index contributed by atoms with van der Waals surface area (Å²) in [6, 6.07) is 5.72. The van der Waals surface area contributed by atoms with Crippen LogP contribution in [-0.2, 0) is 19.7 Å². The summed E-state index contributed by atoms with van der Waals surface area (Å²) in [7, 11) is -0.404. The molecule has 0 N–H and O–H groups in total. The van der Waals surface area contributed by atoms with E-state index in [-0.39, 0.29) is 37.1 Å². The van der Waals surface area contributed by atoms with Crippen molar-refractivity contribution in [2.24, 2.45) is 0 Å². The molecule has 0 bridgehead atoms. The van der Waals surface area contributed by atoms with Gasteiger partial charge in [0.25, 0.3) is 10.2 Å². The lowest BCUT2D eigenvalue weighted by Gasteiger charge is -2.42. The number of hydrogen-bond acceptors (Lipinski definition) is 5. The second-order valence-electron chi connectivity index (χ2n) is 7.16. The maximum absolute atomic E-state index is 13.0. The lowest BCUT2D eigenvalue weighted by atomic mass is 10.0. The number of hydrogen-bond donors (Lipinski definition) is 0. The van der Waals surface area contributed by atoms with Gasteiger partial charge in [-0.1, -0.05) is 0 Å². The Balaban J connectivity index is 1.54. The number of carbonyl (C=O) groups excluding carboxylic acids is 1. The lowest BCUT2D eigenvalue weighted by Crippen LogP contribution is -2.56. The average Bonchev–Trinajstić information content (AvgIpc) is 2.68. The predicted octanol–water partition coefficient (Wildman–Crippen LogP) is 0.703. The molecule has 156 valence electrons. The number of nitrogens with zero attached hydrogens (tertiary/aromatic N) is 3. The van der Waals surface area contributed by atoms with Gasteiger partial charge in [-0.3, -0.25) is 4.79 Å². The topological polar surface area (TPSA) is 79.4 Å². The highest BCUT2D eigenvalue weighted by Crippen LogP contribution is 2.23. The molecule has 2 aliphatic heterocycles. The first-order chi connectivity index (χ1) is 13.3. The monoisotopic (exact) mass is 415 g/mol. The number of rotatable bonds is 6. The molecule has 1 aromatic carbocycles. The minimum absolute atomic E-state index is 0.0154. The number of ether oxygens (including phenoxy) is 2. The SMILES string of the molecule is CN(C)S(=O)(=O)N1CCC(N2CC(COc3ccc(F)cc3)OCC2=O)CC1. The first-order valence-electron chi connectivity index (χ1n) is 9.24. The molecule has 10 heteroatoms. The van der Waals surface area contributed by atoms with Gasteiger partial charge in [0.2, 0.25) is 5.91 Å². The van der Waals surface area contributed by atoms with Crippen LogP contribution < -0.4 is 4.74 Å². The molecule has 0 aromatic heterocycles. The molecule has 3 rings (SSSR count). The normalized spacial score (nSPS) is 22.6. The van der Waals surface area contributed by atoms with Crippen LogP contribution in [0.5, 0.6) is 5.75 Å². The van der Waals surface area contributed by atoms with Gasteiger partial charge in [-0.15, -0.1) is 0 Å². The van der Waals surface area contributed by atoms with Gasteiger partial charge in [-0.25, -0.2) is 4.39 Å². The first-order valence-corrected chi connectivity index (χ1v) is 10.6. The fourth-order valence-electron chi connectivity index (χ4n) is 3.43. The molecule has 2 aliphatic rings. The van der Waals surface area contributed by atoms with E-state index in [0.29, 0.717) is 38.2 Å². The highest BCUT2D eigenvalue weighted by molar-refractivity contribution is 7.86. The largest absolute Gasteiger partial charge is 0.491 e. The maximum atomic E-state index is 13.0. The van der Waals surface area contributed by atoms with Crippen molar-refractivity contribution in [2.75, 3.05) is 46.9 Å². The minimum Gasteiger partial charge on any atom is -0.491 e. The van der Waals surface area contributed by atoms with Crippen LogP contribution in [-0.4, -0.2) is 86.9 Å². The Morgan fingerprint density at radius 3 is 2.46 bits per heavy atom. The molecule has 2 fully saturated rings. The zero-order valence-electron chi connectivity index (χ0n) is 16.1. The third-order valence-corrected chi connectivity index (χ3v) is 7.01. The lowest BCUT2D eigenvalue weighted by molar-refractivity contribution is -0.155. The Kier molecular flexibility index (Phi) is 6.54. The molecule has 0 aliphatic carbocycles. The third kappa shape index (κ3) is 4.80. The van der Waals surface area contributed by atoms with Crippen LogP contribution in [0.25, 0.3) is 0 Å². The standard InChI is InChI=1S/C18H26FN3O5S/c1-20(2)28(24,25)21-9-7-15(8-10-21)22-11-17(27-13-18(22)23)12-26-16-5-3-14(19)4-6-16/h3-6,15,17H,7-13H2,1-2H3. The highest BCUT2D eigenvalue weighted by Gasteiger charge is 2.36. The fraction of sp³-hybridized carbons (Fsp3) is 0.611. The van der Waals surface area contributed by atoms with Gasteiger partial charge in [0, 0.05) is 33.2 Å². The average molecular weight is 415 g/mol. The second kappa shape index (κ2) is 8.73. The van der Waals surface area contributed by atoms with Crippen molar-refractivity contribution >= 4 is 16.1 Å². The number of carbonyl (C=O) groups is 1. The molecule has 1 unspecified atom stereocenters. The van der Waals surface area contributed by atoms with E-state index in [9.17, 15) is 17.6 Å². The Bertz CT molecular complexity index is 779. The summed E-state index contributed by atoms with van der Waals surface area (Å²) in [6.45, 7) is 1.39. The quantitative estimate of drug-likeness (QED) is 0.684. The molecule has 1 aromatic rings. The van der Waals surface area contributed by atoms with E-state index in [2.05, 4.69) is 0 Å². The van der Waals surface area contributed by atoms with Crippen molar-refractivity contribution in [3.05, 3.63) is 30.1 Å². The molecule has 2 heterocycles. The smallest absolute Gasteiger partial charge is 0.281 e. The van der Waals surface area contributed by atoms with E-state index in [1.54, 1.807) is 17.0 Å². The number of amides is 1. The van der Waals surface area contributed by atoms with E-state index in [1.165, 1.54) is 34.8 Å². The Morgan fingerprint density at radius 1 is 1.21 bits per heavy atom. The van der Waals surface area contributed by atoms with Crippen molar-refractivity contribution < 1.29 is 27.1 Å². The van der Waals surface area contributed by atoms with Crippen LogP contribution in [0.1, 0.15) is 12.8 Å². The Morgan fingerprint density at radius 2 is 1.86 bits per heavy atom. The number of benzene rings is 1. The van der Waals surface area contributed by atoms with Crippen LogP contribution in [0, 0.1) is 5.82 Å². The first kappa shape index (κ1) is 21.0. The van der Waals surface area contributed by atoms with Crippen LogP contribution in [0.15, 0.2) is 24.3 Å². The van der Waals surface area contributed by atoms with Gasteiger partial charge in [0.1, 0.15) is 30.9 Å². The van der Waals surface area contributed by atoms with E-state index >= 15 is 0 Å². The van der Waals surface area contributed by atoms with Crippen LogP contribution in [0.2, 0.25) is 0 Å². The summed E-state index contributed by atoms with van der Waals surface area (Å²) in [5, 5.41) is 0. The van der Waals surface area contributed by atoms with Gasteiger partial charge < -0.3 is 14.4 Å². The van der Waals surface area contributed by atoms with Crippen molar-refractivity contribution in [2.45, 2.75) is 25.0 Å². The van der Waals surface area contributed by atoms with Crippen LogP contribution >= 0.6 is 0 Å². The molecule has 1 atom stereocenters. The molecule has 8 nitrogen and oxygen atoms in total. The Labute approximate surface area is 165 Å². The predicted molar refractivity (Wildman–Crippen MR) is 101 cm³/mol. The molecule has 28 heavy (non-hydrogen) atoms. The minimum atomic E-state index is -3.43. The third-order valence-electron chi connectivity index (χ3n) is 5.06. The molecule has 0 radical (unpaired) electrons. The van der Waals surface area contributed by atoms with E-state index in [0.717, 1.165) is 0 Å². The van der Waals surface area contributed by atoms with Crippen molar-refractivity contribution in [3.63, 3.8) is 0 Å². The van der Waals surface area contributed by atoms with Crippen molar-refractivity contribution in [3.8, 4) is 5.75 Å². The van der Waals surface area contributed by atoms with E-state index < -0.39 is 10.2 Å². The summed E-state index contributed by atoms with van der Waals surface area (Å²) in [4.78, 5) is 14.1. The molecular formula is C18H26FN3O5S. The zero-order valence-corrected chi connectivity index (χ0v) is 16.9. The van der Waals surface area contributed by atoms with Gasteiger partial charge >= 0.3 is 0 Å². The van der Waals surface area contributed by atoms with E-state index in [1.807, 2.05) is 0 Å². The van der Waals surface area contributed by atoms with Gasteiger partial charge in [0.15, 0.2) is 0 Å². The fourth-order valence-corrected chi connectivity index (χ4v) is 4.57. The zero-order chi connectivity index (χ0) is 20.3. The maximum Gasteiger partial charge on any atom is 0.281 e. The highest BCUT2D eigenvalue weighted by atomic mass is 32.2. The van der Waals surface area contributed by atoms with Gasteiger partial charge in [-0.05, 0) is 37.1 Å². The number of morpholine rings is 1. The summed E-state index contributed by atoms with van der Waals surface area (Å²) in [5.41, 5.74) is 0. The van der Waals surface area contributed by atoms with Crippen LogP contribution in [0.4, 0.5) is 4.39 Å². The molecule has 0 saturated carbocycles. The summed E-state index contributed by atoms with van der Waals surface area (Å²) < 4.78 is 51.3. The Hall–Kier alpha value is -1.75. The van der Waals surface area contributed by atoms with Crippen molar-refractivity contribution in [1.29, 1.82) is 0 Å². The van der Waals surface area contributed by atoms with E-state index in [4.69, 9.17) is 9.47 Å². The van der Waals surface area contributed by atoms with Gasteiger partial charge in [0.05, 0.1) is 6.54 Å². The molecule has 2 saturated heterocycles. The summed E-state index contributed by atoms with van der Waals surface area (Å²) in [5.74, 6) is 0.114. The molecular weight excluding hydrogens is 389 g/mol. The number of piperidine rings is 1.